The predicted molar refractivity (Wildman–Crippen MR) is 73.8 cm³/mol. The van der Waals surface area contributed by atoms with Crippen LogP contribution in [0, 0.1) is 0 Å². The van der Waals surface area contributed by atoms with Gasteiger partial charge in [0.25, 0.3) is 0 Å². The average Bonchev–Trinajstić information content (AvgIpc) is 2.34. The van der Waals surface area contributed by atoms with Crippen LogP contribution in [-0.4, -0.2) is 63.7 Å². The van der Waals surface area contributed by atoms with Crippen LogP contribution in [0.2, 0.25) is 0 Å². The summed E-state index contributed by atoms with van der Waals surface area (Å²) >= 11 is 0. The van der Waals surface area contributed by atoms with E-state index in [2.05, 4.69) is 15.6 Å². The van der Waals surface area contributed by atoms with Crippen molar-refractivity contribution in [2.45, 2.75) is 20.3 Å². The van der Waals surface area contributed by atoms with Crippen molar-refractivity contribution in [2.24, 2.45) is 4.99 Å². The minimum atomic E-state index is 0.104. The van der Waals surface area contributed by atoms with E-state index in [0.29, 0.717) is 32.7 Å². The Kier molecular flexibility index (Phi) is 10.0. The van der Waals surface area contributed by atoms with Crippen molar-refractivity contribution < 1.29 is 9.53 Å². The predicted octanol–water partition coefficient (Wildman–Crippen LogP) is 0.0563. The van der Waals surface area contributed by atoms with Gasteiger partial charge in [0, 0.05) is 40.2 Å². The van der Waals surface area contributed by atoms with E-state index in [0.717, 1.165) is 12.5 Å². The maximum absolute atomic E-state index is 11.4. The molecule has 0 radical (unpaired) electrons. The molecule has 0 aliphatic rings. The summed E-state index contributed by atoms with van der Waals surface area (Å²) in [6.45, 7) is 7.27. The smallest absolute Gasteiger partial charge is 0.223 e. The van der Waals surface area contributed by atoms with Crippen molar-refractivity contribution in [3.8, 4) is 0 Å². The van der Waals surface area contributed by atoms with Crippen LogP contribution in [0.25, 0.3) is 0 Å². The molecule has 0 atom stereocenters. The highest BCUT2D eigenvalue weighted by molar-refractivity contribution is 5.81. The van der Waals surface area contributed by atoms with Crippen LogP contribution in [0.5, 0.6) is 0 Å². The standard InChI is InChI=1S/C12H26N4O2/c1-5-13-12(15-9-10-18-6-2)14-8-7-11(17)16(3)4/h5-10H2,1-4H3,(H2,13,14,15). The van der Waals surface area contributed by atoms with Gasteiger partial charge in [0.1, 0.15) is 0 Å². The summed E-state index contributed by atoms with van der Waals surface area (Å²) in [6.07, 6.45) is 0.461. The van der Waals surface area contributed by atoms with Crippen LogP contribution in [0.3, 0.4) is 0 Å². The maximum Gasteiger partial charge on any atom is 0.223 e. The van der Waals surface area contributed by atoms with E-state index < -0.39 is 0 Å². The monoisotopic (exact) mass is 258 g/mol. The van der Waals surface area contributed by atoms with Crippen LogP contribution < -0.4 is 10.6 Å². The van der Waals surface area contributed by atoms with Crippen LogP contribution in [0.1, 0.15) is 20.3 Å². The second-order valence-electron chi connectivity index (χ2n) is 3.92. The van der Waals surface area contributed by atoms with Gasteiger partial charge in [0.05, 0.1) is 13.2 Å². The molecule has 0 saturated carbocycles. The van der Waals surface area contributed by atoms with Gasteiger partial charge < -0.3 is 20.3 Å². The maximum atomic E-state index is 11.4. The third kappa shape index (κ3) is 8.81. The first-order chi connectivity index (χ1) is 8.61. The first-order valence-electron chi connectivity index (χ1n) is 6.41. The minimum Gasteiger partial charge on any atom is -0.380 e. The Hall–Kier alpha value is -1.30. The van der Waals surface area contributed by atoms with E-state index >= 15 is 0 Å². The number of nitrogens with zero attached hydrogens (tertiary/aromatic N) is 2. The number of carbonyl (C=O) groups excluding carboxylic acids is 1. The second-order valence-corrected chi connectivity index (χ2v) is 3.92. The van der Waals surface area contributed by atoms with Gasteiger partial charge in [-0.15, -0.1) is 0 Å². The first-order valence-corrected chi connectivity index (χ1v) is 6.41. The molecule has 0 bridgehead atoms. The van der Waals surface area contributed by atoms with E-state index in [1.807, 2.05) is 13.8 Å². The number of ether oxygens (including phenoxy) is 1. The van der Waals surface area contributed by atoms with Gasteiger partial charge in [-0.05, 0) is 13.8 Å². The average molecular weight is 258 g/mol. The molecule has 106 valence electrons. The lowest BCUT2D eigenvalue weighted by Crippen LogP contribution is -2.39. The molecule has 0 unspecified atom stereocenters. The zero-order chi connectivity index (χ0) is 13.8. The number of aliphatic imine (C=N–C) groups is 1. The van der Waals surface area contributed by atoms with Crippen LogP contribution in [0.4, 0.5) is 0 Å². The van der Waals surface area contributed by atoms with E-state index in [4.69, 9.17) is 4.74 Å². The molecule has 0 spiro atoms. The lowest BCUT2D eigenvalue weighted by molar-refractivity contribution is -0.128. The van der Waals surface area contributed by atoms with Gasteiger partial charge in [-0.25, -0.2) is 0 Å². The van der Waals surface area contributed by atoms with E-state index in [9.17, 15) is 4.79 Å². The molecule has 6 nitrogen and oxygen atoms in total. The molecular formula is C12H26N4O2. The normalized spacial score (nSPS) is 11.2. The molecule has 0 aliphatic carbocycles. The van der Waals surface area contributed by atoms with Crippen molar-refractivity contribution in [3.05, 3.63) is 0 Å². The van der Waals surface area contributed by atoms with Crippen molar-refractivity contribution in [2.75, 3.05) is 46.9 Å². The van der Waals surface area contributed by atoms with Gasteiger partial charge in [-0.2, -0.15) is 0 Å². The molecule has 0 aromatic heterocycles. The highest BCUT2D eigenvalue weighted by Gasteiger charge is 2.03. The Bertz CT molecular complexity index is 254. The molecular weight excluding hydrogens is 232 g/mol. The van der Waals surface area contributed by atoms with Gasteiger partial charge >= 0.3 is 0 Å². The Balaban J connectivity index is 3.92. The SMILES string of the molecule is CCNC(=NCCOCC)NCCC(=O)N(C)C. The third-order valence-corrected chi connectivity index (χ3v) is 2.18. The molecule has 0 saturated heterocycles. The summed E-state index contributed by atoms with van der Waals surface area (Å²) in [4.78, 5) is 17.3. The summed E-state index contributed by atoms with van der Waals surface area (Å²) in [6, 6.07) is 0. The number of amides is 1. The largest absolute Gasteiger partial charge is 0.380 e. The fraction of sp³-hybridized carbons (Fsp3) is 0.833. The molecule has 0 rings (SSSR count). The summed E-state index contributed by atoms with van der Waals surface area (Å²) < 4.78 is 5.21. The number of guanidine groups is 1. The number of rotatable bonds is 8. The number of nitrogens with one attached hydrogen (secondary N) is 2. The minimum absolute atomic E-state index is 0.104. The number of hydrogen-bond acceptors (Lipinski definition) is 3. The molecule has 1 amide bonds. The molecule has 0 heterocycles. The second kappa shape index (κ2) is 10.8. The van der Waals surface area contributed by atoms with E-state index in [1.54, 1.807) is 19.0 Å². The molecule has 6 heteroatoms. The fourth-order valence-corrected chi connectivity index (χ4v) is 1.22. The highest BCUT2D eigenvalue weighted by Crippen LogP contribution is 1.85. The molecule has 0 fully saturated rings. The first kappa shape index (κ1) is 16.7. The molecule has 0 aliphatic heterocycles. The lowest BCUT2D eigenvalue weighted by atomic mass is 10.4. The Morgan fingerprint density at radius 2 is 2.00 bits per heavy atom. The van der Waals surface area contributed by atoms with E-state index in [1.165, 1.54) is 0 Å². The quantitative estimate of drug-likeness (QED) is 0.367. The summed E-state index contributed by atoms with van der Waals surface area (Å²) in [7, 11) is 3.51. The lowest BCUT2D eigenvalue weighted by Gasteiger charge is -2.13. The molecule has 0 aromatic carbocycles. The zero-order valence-electron chi connectivity index (χ0n) is 12.0. The van der Waals surface area contributed by atoms with Crippen molar-refractivity contribution >= 4 is 11.9 Å². The molecule has 2 N–H and O–H groups in total. The fourth-order valence-electron chi connectivity index (χ4n) is 1.22. The number of carbonyl (C=O) groups is 1. The third-order valence-electron chi connectivity index (χ3n) is 2.18. The molecule has 18 heavy (non-hydrogen) atoms. The van der Waals surface area contributed by atoms with E-state index in [-0.39, 0.29) is 5.91 Å². The van der Waals surface area contributed by atoms with Crippen molar-refractivity contribution in [3.63, 3.8) is 0 Å². The Labute approximate surface area is 110 Å². The highest BCUT2D eigenvalue weighted by atomic mass is 16.5. The van der Waals surface area contributed by atoms with Gasteiger partial charge in [-0.3, -0.25) is 9.79 Å². The van der Waals surface area contributed by atoms with Gasteiger partial charge in [-0.1, -0.05) is 0 Å². The van der Waals surface area contributed by atoms with Crippen LogP contribution >= 0.6 is 0 Å². The van der Waals surface area contributed by atoms with Gasteiger partial charge in [0.2, 0.25) is 5.91 Å². The van der Waals surface area contributed by atoms with Crippen LogP contribution in [0.15, 0.2) is 4.99 Å². The van der Waals surface area contributed by atoms with Crippen LogP contribution in [-0.2, 0) is 9.53 Å². The topological polar surface area (TPSA) is 66.0 Å². The summed E-state index contributed by atoms with van der Waals surface area (Å²) in [5.41, 5.74) is 0. The Morgan fingerprint density at radius 1 is 1.28 bits per heavy atom. The van der Waals surface area contributed by atoms with Crippen molar-refractivity contribution in [1.29, 1.82) is 0 Å². The Morgan fingerprint density at radius 3 is 2.56 bits per heavy atom. The van der Waals surface area contributed by atoms with Crippen molar-refractivity contribution in [1.82, 2.24) is 15.5 Å². The zero-order valence-corrected chi connectivity index (χ0v) is 12.0. The summed E-state index contributed by atoms with van der Waals surface area (Å²) in [5.74, 6) is 0.830. The summed E-state index contributed by atoms with van der Waals surface area (Å²) in [5, 5.41) is 6.24. The number of hydrogen-bond donors (Lipinski definition) is 2. The van der Waals surface area contributed by atoms with Gasteiger partial charge in [0.15, 0.2) is 5.96 Å². The molecule has 0 aromatic rings.